The number of nitrogens with zero attached hydrogens (tertiary/aromatic N) is 2. The highest BCUT2D eigenvalue weighted by Gasteiger charge is 2.34. The van der Waals surface area contributed by atoms with Crippen molar-refractivity contribution in [2.24, 2.45) is 4.99 Å². The van der Waals surface area contributed by atoms with Gasteiger partial charge in [0.2, 0.25) is 0 Å². The van der Waals surface area contributed by atoms with E-state index < -0.39 is 0 Å². The zero-order chi connectivity index (χ0) is 22.8. The average molecular weight is 458 g/mol. The minimum Gasteiger partial charge on any atom is -0.322 e. The smallest absolute Gasteiger partial charge is 0.277 e. The number of unbranched alkanes of at least 4 members (excludes halogenated alkanes) is 1. The Bertz CT molecular complexity index is 1230. The lowest BCUT2D eigenvalue weighted by atomic mass is 9.95. The van der Waals surface area contributed by atoms with Crippen molar-refractivity contribution in [2.75, 3.05) is 16.8 Å². The lowest BCUT2D eigenvalue weighted by Gasteiger charge is -2.15. The Kier molecular flexibility index (Phi) is 6.09. The second kappa shape index (κ2) is 9.32. The summed E-state index contributed by atoms with van der Waals surface area (Å²) in [5.74, 6) is -0.230. The number of benzene rings is 2. The summed E-state index contributed by atoms with van der Waals surface area (Å²) in [6, 6.07) is 17.3. The fourth-order valence-electron chi connectivity index (χ4n) is 4.59. The van der Waals surface area contributed by atoms with E-state index in [9.17, 15) is 9.59 Å². The molecule has 6 heteroatoms. The number of carbonyl (C=O) groups is 2. The molecule has 0 radical (unpaired) electrons. The molecule has 2 aromatic carbocycles. The Morgan fingerprint density at radius 1 is 1.06 bits per heavy atom. The third-order valence-electron chi connectivity index (χ3n) is 6.26. The van der Waals surface area contributed by atoms with Crippen LogP contribution in [0.2, 0.25) is 0 Å². The molecule has 1 aliphatic carbocycles. The van der Waals surface area contributed by atoms with Crippen LogP contribution in [0.5, 0.6) is 0 Å². The van der Waals surface area contributed by atoms with E-state index in [1.807, 2.05) is 59.5 Å². The van der Waals surface area contributed by atoms with Crippen molar-refractivity contribution in [1.29, 1.82) is 0 Å². The topological polar surface area (TPSA) is 61.8 Å². The van der Waals surface area contributed by atoms with Crippen LogP contribution in [0.4, 0.5) is 16.4 Å². The fraction of sp³-hybridized carbons (Fsp3) is 0.296. The molecule has 2 heterocycles. The number of anilines is 2. The van der Waals surface area contributed by atoms with Gasteiger partial charge in [-0.1, -0.05) is 49.7 Å². The molecule has 1 aromatic heterocycles. The molecule has 5 rings (SSSR count). The first-order valence-corrected chi connectivity index (χ1v) is 12.5. The molecular formula is C27H27N3O2S. The highest BCUT2D eigenvalue weighted by atomic mass is 32.1. The third-order valence-corrected chi connectivity index (χ3v) is 7.44. The molecular weight excluding hydrogens is 430 g/mol. The molecule has 33 heavy (non-hydrogen) atoms. The van der Waals surface area contributed by atoms with Crippen LogP contribution in [0, 0.1) is 0 Å². The van der Waals surface area contributed by atoms with Gasteiger partial charge >= 0.3 is 0 Å². The van der Waals surface area contributed by atoms with Gasteiger partial charge in [-0.05, 0) is 55.9 Å². The summed E-state index contributed by atoms with van der Waals surface area (Å²) in [5.41, 5.74) is 4.67. The van der Waals surface area contributed by atoms with E-state index in [1.165, 1.54) is 4.88 Å². The quantitative estimate of drug-likeness (QED) is 0.483. The number of carbonyl (C=O) groups excluding carboxylic acids is 2. The Labute approximate surface area is 198 Å². The Morgan fingerprint density at radius 3 is 2.64 bits per heavy atom. The summed E-state index contributed by atoms with van der Waals surface area (Å²) in [5, 5.41) is 3.67. The van der Waals surface area contributed by atoms with Crippen LogP contribution in [-0.2, 0) is 17.6 Å². The molecule has 0 fully saturated rings. The van der Waals surface area contributed by atoms with Gasteiger partial charge in [0.25, 0.3) is 11.8 Å². The maximum atomic E-state index is 13.4. The molecule has 1 aliphatic heterocycles. The fourth-order valence-corrected chi connectivity index (χ4v) is 5.85. The lowest BCUT2D eigenvalue weighted by molar-refractivity contribution is -0.112. The van der Waals surface area contributed by atoms with Crippen LogP contribution in [0.25, 0.3) is 0 Å². The van der Waals surface area contributed by atoms with Crippen molar-refractivity contribution in [3.05, 3.63) is 76.2 Å². The van der Waals surface area contributed by atoms with E-state index in [0.717, 1.165) is 61.0 Å². The van der Waals surface area contributed by atoms with Crippen LogP contribution in [0.1, 0.15) is 59.0 Å². The van der Waals surface area contributed by atoms with Gasteiger partial charge in [0.15, 0.2) is 0 Å². The number of rotatable bonds is 6. The highest BCUT2D eigenvalue weighted by molar-refractivity contribution is 7.16. The normalized spacial score (nSPS) is 16.1. The summed E-state index contributed by atoms with van der Waals surface area (Å²) in [6.07, 6.45) is 5.98. The number of hydrogen-bond acceptors (Lipinski definition) is 4. The van der Waals surface area contributed by atoms with E-state index in [-0.39, 0.29) is 11.8 Å². The number of para-hydroxylation sites is 2. The molecule has 168 valence electrons. The molecule has 2 amide bonds. The average Bonchev–Trinajstić information content (AvgIpc) is 3.33. The Morgan fingerprint density at radius 2 is 1.82 bits per heavy atom. The van der Waals surface area contributed by atoms with Crippen LogP contribution in [0.15, 0.2) is 59.6 Å². The number of thiophene rings is 1. The largest absolute Gasteiger partial charge is 0.322 e. The lowest BCUT2D eigenvalue weighted by Crippen LogP contribution is -2.30. The van der Waals surface area contributed by atoms with E-state index in [0.29, 0.717) is 22.8 Å². The first kappa shape index (κ1) is 21.6. The summed E-state index contributed by atoms with van der Waals surface area (Å²) in [4.78, 5) is 34.7. The predicted octanol–water partition coefficient (Wildman–Crippen LogP) is 6.15. The van der Waals surface area contributed by atoms with Gasteiger partial charge in [0, 0.05) is 22.7 Å². The Hall–Kier alpha value is -3.25. The first-order valence-electron chi connectivity index (χ1n) is 11.7. The number of fused-ring (bicyclic) bond motifs is 2. The molecule has 0 atom stereocenters. The van der Waals surface area contributed by atoms with Crippen molar-refractivity contribution >= 4 is 45.2 Å². The van der Waals surface area contributed by atoms with Gasteiger partial charge in [0.1, 0.15) is 10.7 Å². The van der Waals surface area contributed by atoms with Crippen molar-refractivity contribution in [2.45, 2.75) is 45.4 Å². The maximum Gasteiger partial charge on any atom is 0.277 e. The van der Waals surface area contributed by atoms with Crippen molar-refractivity contribution in [3.8, 4) is 0 Å². The Balaban J connectivity index is 1.58. The van der Waals surface area contributed by atoms with Gasteiger partial charge in [-0.25, -0.2) is 4.99 Å². The number of amides is 2. The van der Waals surface area contributed by atoms with Gasteiger partial charge < -0.3 is 10.2 Å². The molecule has 1 N–H and O–H groups in total. The SMILES string of the molecule is CCCCN1C(=O)C(=Nc2sc3c(c2C(=O)Nc2ccccc2)CCCC3)c2ccccc21. The monoisotopic (exact) mass is 457 g/mol. The van der Waals surface area contributed by atoms with Crippen LogP contribution in [-0.4, -0.2) is 24.1 Å². The zero-order valence-corrected chi connectivity index (χ0v) is 19.6. The summed E-state index contributed by atoms with van der Waals surface area (Å²) in [7, 11) is 0. The number of aryl methyl sites for hydroxylation is 1. The maximum absolute atomic E-state index is 13.4. The molecule has 2 aliphatic rings. The second-order valence-corrected chi connectivity index (χ2v) is 9.58. The molecule has 0 saturated heterocycles. The number of nitrogens with one attached hydrogen (secondary N) is 1. The van der Waals surface area contributed by atoms with E-state index >= 15 is 0 Å². The van der Waals surface area contributed by atoms with Crippen LogP contribution in [0.3, 0.4) is 0 Å². The molecule has 0 unspecified atom stereocenters. The molecule has 0 saturated carbocycles. The van der Waals surface area contributed by atoms with Gasteiger partial charge in [0.05, 0.1) is 11.3 Å². The van der Waals surface area contributed by atoms with E-state index in [4.69, 9.17) is 4.99 Å². The predicted molar refractivity (Wildman–Crippen MR) is 135 cm³/mol. The number of hydrogen-bond donors (Lipinski definition) is 1. The van der Waals surface area contributed by atoms with Crippen molar-refractivity contribution < 1.29 is 9.59 Å². The van der Waals surface area contributed by atoms with Gasteiger partial charge in [-0.2, -0.15) is 0 Å². The van der Waals surface area contributed by atoms with Crippen molar-refractivity contribution in [3.63, 3.8) is 0 Å². The standard InChI is InChI=1S/C27H27N3O2S/c1-2-3-17-30-21-15-9-7-13-19(21)24(27(30)32)29-26-23(20-14-8-10-16-22(20)33-26)25(31)28-18-11-5-4-6-12-18/h4-7,9,11-13,15H,2-3,8,10,14,16-17H2,1H3,(H,28,31). The van der Waals surface area contributed by atoms with Crippen LogP contribution >= 0.6 is 11.3 Å². The molecule has 3 aromatic rings. The minimum atomic E-state index is -0.151. The first-order chi connectivity index (χ1) is 16.2. The third kappa shape index (κ3) is 4.11. The summed E-state index contributed by atoms with van der Waals surface area (Å²) in [6.45, 7) is 2.79. The second-order valence-electron chi connectivity index (χ2n) is 8.50. The number of aliphatic imine (C=N–C) groups is 1. The summed E-state index contributed by atoms with van der Waals surface area (Å²) >= 11 is 1.56. The zero-order valence-electron chi connectivity index (χ0n) is 18.8. The van der Waals surface area contributed by atoms with Gasteiger partial charge in [-0.15, -0.1) is 11.3 Å². The molecule has 0 bridgehead atoms. The minimum absolute atomic E-state index is 0.0783. The van der Waals surface area contributed by atoms with Crippen molar-refractivity contribution in [1.82, 2.24) is 0 Å². The van der Waals surface area contributed by atoms with E-state index in [2.05, 4.69) is 12.2 Å². The highest BCUT2D eigenvalue weighted by Crippen LogP contribution is 2.42. The molecule has 5 nitrogen and oxygen atoms in total. The summed E-state index contributed by atoms with van der Waals surface area (Å²) < 4.78 is 0. The van der Waals surface area contributed by atoms with Gasteiger partial charge in [-0.3, -0.25) is 9.59 Å². The molecule has 0 spiro atoms. The van der Waals surface area contributed by atoms with Crippen LogP contribution < -0.4 is 10.2 Å². The van der Waals surface area contributed by atoms with E-state index in [1.54, 1.807) is 11.3 Å².